The van der Waals surface area contributed by atoms with Crippen molar-refractivity contribution in [1.29, 1.82) is 0 Å². The van der Waals surface area contributed by atoms with Gasteiger partial charge >= 0.3 is 0 Å². The number of hydrogen-bond donors (Lipinski definition) is 4. The van der Waals surface area contributed by atoms with Crippen molar-refractivity contribution in [3.8, 4) is 0 Å². The second-order valence-electron chi connectivity index (χ2n) is 2.87. The number of ether oxygens (including phenoxy) is 2. The van der Waals surface area contributed by atoms with Crippen LogP contribution in [0.1, 0.15) is 0 Å². The minimum absolute atomic E-state index is 0.162. The van der Waals surface area contributed by atoms with Gasteiger partial charge in [0.1, 0.15) is 31.2 Å². The van der Waals surface area contributed by atoms with Crippen molar-refractivity contribution in [1.82, 2.24) is 0 Å². The fraction of sp³-hybridized carbons (Fsp3) is 1.00. The standard InChI is InChI=1S/C7H14O6/c8-1-4-6(10)7(11)5(2-9)13-3-12-4/h4-11H,1-3H2/t4-,5+,6-,7-/m0/s1. The Morgan fingerprint density at radius 2 is 1.31 bits per heavy atom. The molecule has 1 fully saturated rings. The molecule has 1 aliphatic rings. The first-order valence-corrected chi connectivity index (χ1v) is 4.01. The van der Waals surface area contributed by atoms with Gasteiger partial charge in [-0.3, -0.25) is 0 Å². The van der Waals surface area contributed by atoms with Gasteiger partial charge in [-0.2, -0.15) is 0 Å². The molecule has 13 heavy (non-hydrogen) atoms. The third kappa shape index (κ3) is 2.37. The molecular weight excluding hydrogens is 180 g/mol. The van der Waals surface area contributed by atoms with E-state index in [4.69, 9.17) is 19.7 Å². The first-order valence-electron chi connectivity index (χ1n) is 4.01. The molecule has 6 nitrogen and oxygen atoms in total. The highest BCUT2D eigenvalue weighted by molar-refractivity contribution is 4.83. The maximum atomic E-state index is 9.39. The summed E-state index contributed by atoms with van der Waals surface area (Å²) in [6, 6.07) is 0. The van der Waals surface area contributed by atoms with E-state index in [0.717, 1.165) is 0 Å². The number of aliphatic hydroxyl groups is 4. The van der Waals surface area contributed by atoms with Crippen LogP contribution >= 0.6 is 0 Å². The lowest BCUT2D eigenvalue weighted by Crippen LogP contribution is -2.45. The monoisotopic (exact) mass is 194 g/mol. The Balaban J connectivity index is 2.61. The summed E-state index contributed by atoms with van der Waals surface area (Å²) in [6.07, 6.45) is -4.23. The number of hydrogen-bond acceptors (Lipinski definition) is 6. The molecule has 0 aliphatic carbocycles. The van der Waals surface area contributed by atoms with Gasteiger partial charge < -0.3 is 29.9 Å². The lowest BCUT2D eigenvalue weighted by molar-refractivity contribution is -0.123. The van der Waals surface area contributed by atoms with Crippen LogP contribution in [0.25, 0.3) is 0 Å². The Morgan fingerprint density at radius 3 is 1.62 bits per heavy atom. The number of rotatable bonds is 2. The van der Waals surface area contributed by atoms with E-state index < -0.39 is 37.6 Å². The van der Waals surface area contributed by atoms with E-state index in [2.05, 4.69) is 0 Å². The van der Waals surface area contributed by atoms with Crippen LogP contribution in [0.5, 0.6) is 0 Å². The molecule has 0 saturated carbocycles. The van der Waals surface area contributed by atoms with E-state index >= 15 is 0 Å². The van der Waals surface area contributed by atoms with Gasteiger partial charge in [0.25, 0.3) is 0 Å². The molecule has 0 aromatic heterocycles. The summed E-state index contributed by atoms with van der Waals surface area (Å²) in [5.41, 5.74) is 0. The highest BCUT2D eigenvalue weighted by atomic mass is 16.7. The Hall–Kier alpha value is -0.240. The molecule has 1 rings (SSSR count). The zero-order chi connectivity index (χ0) is 9.84. The molecule has 0 spiro atoms. The summed E-state index contributed by atoms with van der Waals surface area (Å²) in [5, 5.41) is 36.3. The number of aliphatic hydroxyl groups excluding tert-OH is 4. The molecule has 78 valence electrons. The van der Waals surface area contributed by atoms with Crippen LogP contribution in [0.3, 0.4) is 0 Å². The van der Waals surface area contributed by atoms with Crippen LogP contribution in [0.15, 0.2) is 0 Å². The van der Waals surface area contributed by atoms with E-state index in [0.29, 0.717) is 0 Å². The predicted molar refractivity (Wildman–Crippen MR) is 40.8 cm³/mol. The first-order chi connectivity index (χ1) is 6.20. The lowest BCUT2D eigenvalue weighted by atomic mass is 10.0. The molecule has 0 aromatic carbocycles. The zero-order valence-electron chi connectivity index (χ0n) is 7.04. The molecule has 4 N–H and O–H groups in total. The van der Waals surface area contributed by atoms with Crippen molar-refractivity contribution >= 4 is 0 Å². The normalized spacial score (nSPS) is 41.5. The Bertz CT molecular complexity index is 136. The fourth-order valence-corrected chi connectivity index (χ4v) is 1.17. The molecule has 4 atom stereocenters. The second kappa shape index (κ2) is 4.85. The Kier molecular flexibility index (Phi) is 4.04. The van der Waals surface area contributed by atoms with E-state index in [1.807, 2.05) is 0 Å². The first kappa shape index (κ1) is 10.8. The van der Waals surface area contributed by atoms with Gasteiger partial charge in [0, 0.05) is 0 Å². The summed E-state index contributed by atoms with van der Waals surface area (Å²) < 4.78 is 9.75. The summed E-state index contributed by atoms with van der Waals surface area (Å²) >= 11 is 0. The van der Waals surface area contributed by atoms with Gasteiger partial charge in [0.2, 0.25) is 0 Å². The third-order valence-corrected chi connectivity index (χ3v) is 2.04. The molecule has 0 unspecified atom stereocenters. The molecular formula is C7H14O6. The molecule has 0 bridgehead atoms. The van der Waals surface area contributed by atoms with E-state index in [-0.39, 0.29) is 6.79 Å². The molecule has 1 aliphatic heterocycles. The maximum absolute atomic E-state index is 9.39. The predicted octanol–water partition coefficient (Wildman–Crippen LogP) is -2.57. The minimum atomic E-state index is -1.25. The van der Waals surface area contributed by atoms with Crippen molar-refractivity contribution in [3.05, 3.63) is 0 Å². The average molecular weight is 194 g/mol. The molecule has 1 saturated heterocycles. The quantitative estimate of drug-likeness (QED) is 0.386. The van der Waals surface area contributed by atoms with E-state index in [1.165, 1.54) is 0 Å². The van der Waals surface area contributed by atoms with Crippen LogP contribution in [0, 0.1) is 0 Å². The Morgan fingerprint density at radius 1 is 0.923 bits per heavy atom. The highest BCUT2D eigenvalue weighted by Gasteiger charge is 2.35. The van der Waals surface area contributed by atoms with Crippen molar-refractivity contribution in [3.63, 3.8) is 0 Å². The van der Waals surface area contributed by atoms with Gasteiger partial charge in [0.05, 0.1) is 13.2 Å². The van der Waals surface area contributed by atoms with E-state index in [9.17, 15) is 10.2 Å². The smallest absolute Gasteiger partial charge is 0.147 e. The SMILES string of the molecule is OC[C@@H]1OCO[C@H](CO)[C@H](O)[C@H]1O. The van der Waals surface area contributed by atoms with Crippen LogP contribution in [-0.2, 0) is 9.47 Å². The highest BCUT2D eigenvalue weighted by Crippen LogP contribution is 2.14. The van der Waals surface area contributed by atoms with Crippen LogP contribution in [0.2, 0.25) is 0 Å². The van der Waals surface area contributed by atoms with Crippen LogP contribution in [-0.4, -0.2) is 64.8 Å². The lowest BCUT2D eigenvalue weighted by Gasteiger charge is -2.23. The summed E-state index contributed by atoms with van der Waals surface area (Å²) in [5.74, 6) is 0. The van der Waals surface area contributed by atoms with Gasteiger partial charge in [-0.15, -0.1) is 0 Å². The van der Waals surface area contributed by atoms with Gasteiger partial charge in [-0.25, -0.2) is 0 Å². The maximum Gasteiger partial charge on any atom is 0.147 e. The largest absolute Gasteiger partial charge is 0.394 e. The van der Waals surface area contributed by atoms with E-state index in [1.54, 1.807) is 0 Å². The van der Waals surface area contributed by atoms with Gasteiger partial charge in [-0.1, -0.05) is 0 Å². The third-order valence-electron chi connectivity index (χ3n) is 2.04. The van der Waals surface area contributed by atoms with Crippen LogP contribution < -0.4 is 0 Å². The summed E-state index contributed by atoms with van der Waals surface area (Å²) in [4.78, 5) is 0. The van der Waals surface area contributed by atoms with Gasteiger partial charge in [0.15, 0.2) is 0 Å². The summed E-state index contributed by atoms with van der Waals surface area (Å²) in [7, 11) is 0. The minimum Gasteiger partial charge on any atom is -0.394 e. The molecule has 1 heterocycles. The zero-order valence-corrected chi connectivity index (χ0v) is 7.04. The van der Waals surface area contributed by atoms with Crippen LogP contribution in [0.4, 0.5) is 0 Å². The van der Waals surface area contributed by atoms with Gasteiger partial charge in [-0.05, 0) is 0 Å². The molecule has 0 radical (unpaired) electrons. The second-order valence-corrected chi connectivity index (χ2v) is 2.87. The topological polar surface area (TPSA) is 99.4 Å². The Labute approximate surface area is 75.3 Å². The fourth-order valence-electron chi connectivity index (χ4n) is 1.17. The molecule has 6 heteroatoms. The van der Waals surface area contributed by atoms with Crippen molar-refractivity contribution in [2.45, 2.75) is 24.4 Å². The van der Waals surface area contributed by atoms with Crippen molar-refractivity contribution < 1.29 is 29.9 Å². The van der Waals surface area contributed by atoms with Crippen molar-refractivity contribution in [2.75, 3.05) is 20.0 Å². The summed E-state index contributed by atoms with van der Waals surface area (Å²) in [6.45, 7) is -0.968. The molecule has 0 aromatic rings. The molecule has 0 amide bonds. The van der Waals surface area contributed by atoms with Crippen molar-refractivity contribution in [2.24, 2.45) is 0 Å². The average Bonchev–Trinajstić information content (AvgIpc) is 2.28.